The Morgan fingerprint density at radius 2 is 1.71 bits per heavy atom. The highest BCUT2D eigenvalue weighted by molar-refractivity contribution is 5.92. The number of aryl methyl sites for hydroxylation is 1. The van der Waals surface area contributed by atoms with Gasteiger partial charge in [0, 0.05) is 38.2 Å². The van der Waals surface area contributed by atoms with Gasteiger partial charge in [-0.05, 0) is 51.2 Å². The fourth-order valence-electron chi connectivity index (χ4n) is 3.87. The van der Waals surface area contributed by atoms with Crippen molar-refractivity contribution >= 4 is 23.4 Å². The molecule has 1 amide bonds. The van der Waals surface area contributed by atoms with Crippen LogP contribution in [0.15, 0.2) is 24.5 Å². The van der Waals surface area contributed by atoms with Crippen molar-refractivity contribution in [1.82, 2.24) is 20.2 Å². The van der Waals surface area contributed by atoms with Gasteiger partial charge in [0.2, 0.25) is 5.91 Å². The van der Waals surface area contributed by atoms with Crippen molar-refractivity contribution in [3.8, 4) is 0 Å². The summed E-state index contributed by atoms with van der Waals surface area (Å²) >= 11 is 0. The van der Waals surface area contributed by atoms with Gasteiger partial charge in [0.15, 0.2) is 5.82 Å². The van der Waals surface area contributed by atoms with Gasteiger partial charge in [-0.1, -0.05) is 0 Å². The predicted octanol–water partition coefficient (Wildman–Crippen LogP) is 2.42. The maximum atomic E-state index is 12.7. The van der Waals surface area contributed by atoms with Gasteiger partial charge in [-0.15, -0.1) is 5.10 Å². The van der Waals surface area contributed by atoms with Gasteiger partial charge < -0.3 is 15.1 Å². The molecule has 0 saturated carbocycles. The zero-order valence-corrected chi connectivity index (χ0v) is 16.3. The van der Waals surface area contributed by atoms with E-state index < -0.39 is 0 Å². The average molecular weight is 381 g/mol. The fraction of sp³-hybridized carbons (Fsp3) is 0.550. The van der Waals surface area contributed by atoms with E-state index in [1.54, 1.807) is 0 Å². The average Bonchev–Trinajstić information content (AvgIpc) is 2.75. The molecule has 1 N–H and O–H groups in total. The van der Waals surface area contributed by atoms with Crippen molar-refractivity contribution in [3.63, 3.8) is 0 Å². The summed E-state index contributed by atoms with van der Waals surface area (Å²) in [5, 5.41) is 11.4. The van der Waals surface area contributed by atoms with Crippen LogP contribution in [0.5, 0.6) is 0 Å². The lowest BCUT2D eigenvalue weighted by Gasteiger charge is -2.31. The summed E-state index contributed by atoms with van der Waals surface area (Å²) in [7, 11) is 0. The molecule has 2 saturated heterocycles. The molecule has 2 aromatic rings. The lowest BCUT2D eigenvalue weighted by atomic mass is 9.96. The molecule has 28 heavy (non-hydrogen) atoms. The maximum absolute atomic E-state index is 12.7. The smallest absolute Gasteiger partial charge is 0.228 e. The largest absolute Gasteiger partial charge is 0.356 e. The summed E-state index contributed by atoms with van der Waals surface area (Å²) in [5.74, 6) is 2.40. The van der Waals surface area contributed by atoms with Crippen molar-refractivity contribution in [2.75, 3.05) is 41.3 Å². The van der Waals surface area contributed by atoms with E-state index in [2.05, 4.69) is 35.3 Å². The lowest BCUT2D eigenvalue weighted by molar-refractivity contribution is -0.120. The number of hydrogen-bond acceptors (Lipinski definition) is 7. The number of nitrogens with zero attached hydrogens (tertiary/aromatic N) is 6. The molecule has 8 nitrogen and oxygen atoms in total. The molecule has 0 radical (unpaired) electrons. The van der Waals surface area contributed by atoms with Crippen LogP contribution >= 0.6 is 0 Å². The third-order valence-corrected chi connectivity index (χ3v) is 5.56. The molecule has 4 heterocycles. The molecule has 2 fully saturated rings. The van der Waals surface area contributed by atoms with Crippen LogP contribution in [0.25, 0.3) is 0 Å². The molecule has 0 atom stereocenters. The second-order valence-corrected chi connectivity index (χ2v) is 7.59. The number of carbonyl (C=O) groups is 1. The van der Waals surface area contributed by atoms with Crippen LogP contribution in [0, 0.1) is 12.8 Å². The Morgan fingerprint density at radius 1 is 0.964 bits per heavy atom. The van der Waals surface area contributed by atoms with E-state index in [-0.39, 0.29) is 11.8 Å². The van der Waals surface area contributed by atoms with E-state index in [0.29, 0.717) is 5.82 Å². The van der Waals surface area contributed by atoms with Crippen molar-refractivity contribution in [3.05, 3.63) is 30.2 Å². The third-order valence-electron chi connectivity index (χ3n) is 5.56. The zero-order valence-electron chi connectivity index (χ0n) is 16.3. The first-order valence-corrected chi connectivity index (χ1v) is 10.1. The van der Waals surface area contributed by atoms with E-state index in [0.717, 1.165) is 56.4 Å². The Balaban J connectivity index is 1.32. The topological polar surface area (TPSA) is 87.1 Å². The van der Waals surface area contributed by atoms with Crippen LogP contribution in [0.2, 0.25) is 0 Å². The number of piperidine rings is 2. The molecule has 0 aromatic carbocycles. The SMILES string of the molecule is Cc1ccc(N2CCC(C(=O)Nc3cc(N4CCCCC4)ncn3)CC2)nn1. The molecular formula is C20H27N7O. The third kappa shape index (κ3) is 4.37. The number of aromatic nitrogens is 4. The molecule has 0 spiro atoms. The summed E-state index contributed by atoms with van der Waals surface area (Å²) in [6, 6.07) is 5.85. The minimum atomic E-state index is -0.0111. The highest BCUT2D eigenvalue weighted by Gasteiger charge is 2.26. The monoisotopic (exact) mass is 381 g/mol. The molecule has 0 unspecified atom stereocenters. The van der Waals surface area contributed by atoms with Gasteiger partial charge >= 0.3 is 0 Å². The van der Waals surface area contributed by atoms with Crippen LogP contribution in [0.3, 0.4) is 0 Å². The number of nitrogens with one attached hydrogen (secondary N) is 1. The molecule has 2 aliphatic heterocycles. The first-order valence-electron chi connectivity index (χ1n) is 10.1. The van der Waals surface area contributed by atoms with Crippen LogP contribution in [0.4, 0.5) is 17.5 Å². The van der Waals surface area contributed by atoms with Gasteiger partial charge in [0.1, 0.15) is 18.0 Å². The van der Waals surface area contributed by atoms with Crippen molar-refractivity contribution < 1.29 is 4.79 Å². The summed E-state index contributed by atoms with van der Waals surface area (Å²) in [6.45, 7) is 5.57. The second kappa shape index (κ2) is 8.50. The van der Waals surface area contributed by atoms with E-state index >= 15 is 0 Å². The molecule has 8 heteroatoms. The molecule has 0 bridgehead atoms. The Morgan fingerprint density at radius 3 is 2.43 bits per heavy atom. The van der Waals surface area contributed by atoms with Gasteiger partial charge in [-0.25, -0.2) is 9.97 Å². The van der Waals surface area contributed by atoms with Crippen LogP contribution in [0.1, 0.15) is 37.8 Å². The first-order chi connectivity index (χ1) is 13.7. The Bertz CT molecular complexity index is 796. The van der Waals surface area contributed by atoms with E-state index in [1.165, 1.54) is 25.6 Å². The second-order valence-electron chi connectivity index (χ2n) is 7.59. The summed E-state index contributed by atoms with van der Waals surface area (Å²) in [6.07, 6.45) is 6.79. The van der Waals surface area contributed by atoms with Crippen LogP contribution in [-0.2, 0) is 4.79 Å². The molecule has 148 valence electrons. The molecule has 2 aliphatic rings. The maximum Gasteiger partial charge on any atom is 0.228 e. The number of rotatable bonds is 4. The van der Waals surface area contributed by atoms with E-state index in [1.807, 2.05) is 25.1 Å². The molecular weight excluding hydrogens is 354 g/mol. The van der Waals surface area contributed by atoms with Crippen molar-refractivity contribution in [2.24, 2.45) is 5.92 Å². The Labute approximate surface area is 165 Å². The first kappa shape index (κ1) is 18.6. The lowest BCUT2D eigenvalue weighted by Crippen LogP contribution is -2.38. The van der Waals surface area contributed by atoms with Gasteiger partial charge in [-0.2, -0.15) is 5.10 Å². The highest BCUT2D eigenvalue weighted by atomic mass is 16.1. The molecule has 0 aliphatic carbocycles. The zero-order chi connectivity index (χ0) is 19.3. The van der Waals surface area contributed by atoms with Crippen molar-refractivity contribution in [2.45, 2.75) is 39.0 Å². The van der Waals surface area contributed by atoms with Gasteiger partial charge in [0.05, 0.1) is 5.69 Å². The normalized spacial score (nSPS) is 18.2. The minimum absolute atomic E-state index is 0.0111. The fourth-order valence-corrected chi connectivity index (χ4v) is 3.87. The van der Waals surface area contributed by atoms with Crippen molar-refractivity contribution in [1.29, 1.82) is 0 Å². The quantitative estimate of drug-likeness (QED) is 0.870. The van der Waals surface area contributed by atoms with Crippen LogP contribution < -0.4 is 15.1 Å². The number of anilines is 3. The standard InChI is InChI=1S/C20H27N7O/c1-15-5-6-18(25-24-15)27-11-7-16(8-12-27)20(28)23-17-13-19(22-14-21-17)26-9-3-2-4-10-26/h5-6,13-14,16H,2-4,7-12H2,1H3,(H,21,22,23,28). The summed E-state index contributed by atoms with van der Waals surface area (Å²) < 4.78 is 0. The molecule has 2 aromatic heterocycles. The number of hydrogen-bond donors (Lipinski definition) is 1. The minimum Gasteiger partial charge on any atom is -0.356 e. The number of amides is 1. The van der Waals surface area contributed by atoms with E-state index in [4.69, 9.17) is 0 Å². The van der Waals surface area contributed by atoms with E-state index in [9.17, 15) is 4.79 Å². The van der Waals surface area contributed by atoms with Gasteiger partial charge in [-0.3, -0.25) is 4.79 Å². The Hall–Kier alpha value is -2.77. The number of carbonyl (C=O) groups excluding carboxylic acids is 1. The predicted molar refractivity (Wildman–Crippen MR) is 108 cm³/mol. The Kier molecular flexibility index (Phi) is 5.64. The molecule has 4 rings (SSSR count). The van der Waals surface area contributed by atoms with Gasteiger partial charge in [0.25, 0.3) is 0 Å². The summed E-state index contributed by atoms with van der Waals surface area (Å²) in [5.41, 5.74) is 0.909. The highest BCUT2D eigenvalue weighted by Crippen LogP contribution is 2.24. The summed E-state index contributed by atoms with van der Waals surface area (Å²) in [4.78, 5) is 25.8. The van der Waals surface area contributed by atoms with Crippen LogP contribution in [-0.4, -0.2) is 52.3 Å².